The van der Waals surface area contributed by atoms with Gasteiger partial charge in [0.15, 0.2) is 0 Å². The number of amides is 1. The van der Waals surface area contributed by atoms with Gasteiger partial charge in [0.1, 0.15) is 5.02 Å². The highest BCUT2D eigenvalue weighted by molar-refractivity contribution is 6.33. The molecule has 10 heteroatoms. The van der Waals surface area contributed by atoms with Crippen LogP contribution in [0.3, 0.4) is 0 Å². The third-order valence-electron chi connectivity index (χ3n) is 2.38. The third-order valence-corrected chi connectivity index (χ3v) is 2.68. The Morgan fingerprint density at radius 1 is 1.57 bits per heavy atom. The number of carbonyl (C=O) groups excluding carboxylic acids is 1. The van der Waals surface area contributed by atoms with E-state index in [4.69, 9.17) is 16.3 Å². The van der Waals surface area contributed by atoms with Crippen LogP contribution in [0.25, 0.3) is 0 Å². The monoisotopic (exact) mass is 311 g/mol. The number of hydrogen-bond acceptors (Lipinski definition) is 6. The minimum atomic E-state index is -0.630. The summed E-state index contributed by atoms with van der Waals surface area (Å²) in [7, 11) is 0. The number of benzene rings is 1. The molecule has 0 bridgehead atoms. The molecule has 1 aromatic carbocycles. The Kier molecular flexibility index (Phi) is 4.33. The van der Waals surface area contributed by atoms with Crippen LogP contribution in [0.5, 0.6) is 6.01 Å². The number of aromatic nitrogens is 3. The summed E-state index contributed by atoms with van der Waals surface area (Å²) < 4.78 is 5.03. The van der Waals surface area contributed by atoms with Crippen LogP contribution in [0, 0.1) is 10.1 Å². The molecule has 0 unspecified atom stereocenters. The molecular weight excluding hydrogens is 302 g/mol. The van der Waals surface area contributed by atoms with E-state index in [0.717, 1.165) is 6.07 Å². The lowest BCUT2D eigenvalue weighted by molar-refractivity contribution is -0.384. The number of halogens is 1. The minimum absolute atomic E-state index is 0.0953. The van der Waals surface area contributed by atoms with Crippen molar-refractivity contribution in [3.8, 4) is 6.01 Å². The second-order valence-electron chi connectivity index (χ2n) is 3.78. The van der Waals surface area contributed by atoms with Gasteiger partial charge in [-0.1, -0.05) is 11.6 Å². The van der Waals surface area contributed by atoms with E-state index in [2.05, 4.69) is 20.5 Å². The van der Waals surface area contributed by atoms with Crippen molar-refractivity contribution in [3.63, 3.8) is 0 Å². The van der Waals surface area contributed by atoms with E-state index in [0.29, 0.717) is 6.61 Å². The highest BCUT2D eigenvalue weighted by Gasteiger charge is 2.16. The van der Waals surface area contributed by atoms with Gasteiger partial charge in [-0.25, -0.2) is 5.10 Å². The lowest BCUT2D eigenvalue weighted by Crippen LogP contribution is -2.13. The fraction of sp³-hybridized carbons (Fsp3) is 0.182. The summed E-state index contributed by atoms with van der Waals surface area (Å²) in [6.45, 7) is 2.16. The smallest absolute Gasteiger partial charge is 0.337 e. The number of ether oxygens (including phenoxy) is 1. The molecule has 2 rings (SSSR count). The molecule has 0 spiro atoms. The minimum Gasteiger partial charge on any atom is -0.463 e. The molecule has 0 atom stereocenters. The molecule has 0 fully saturated rings. The van der Waals surface area contributed by atoms with Crippen LogP contribution in [0.15, 0.2) is 18.2 Å². The van der Waals surface area contributed by atoms with Crippen LogP contribution >= 0.6 is 11.6 Å². The number of nitrogens with one attached hydrogen (secondary N) is 2. The highest BCUT2D eigenvalue weighted by Crippen LogP contribution is 2.25. The average molecular weight is 312 g/mol. The van der Waals surface area contributed by atoms with E-state index < -0.39 is 10.8 Å². The predicted molar refractivity (Wildman–Crippen MR) is 73.6 cm³/mol. The number of nitro benzene ring substituents is 1. The van der Waals surface area contributed by atoms with Gasteiger partial charge in [-0.05, 0) is 19.1 Å². The molecule has 0 aliphatic carbocycles. The molecule has 0 aliphatic heterocycles. The molecule has 1 amide bonds. The molecule has 0 aliphatic rings. The van der Waals surface area contributed by atoms with Gasteiger partial charge in [0, 0.05) is 11.6 Å². The summed E-state index contributed by atoms with van der Waals surface area (Å²) in [5, 5.41) is 19.1. The number of nitrogens with zero attached hydrogens (tertiary/aromatic N) is 3. The topological polar surface area (TPSA) is 123 Å². The van der Waals surface area contributed by atoms with E-state index in [1.165, 1.54) is 12.1 Å². The quantitative estimate of drug-likeness (QED) is 0.643. The van der Waals surface area contributed by atoms with Crippen LogP contribution < -0.4 is 10.1 Å². The molecule has 1 heterocycles. The van der Waals surface area contributed by atoms with Gasteiger partial charge >= 0.3 is 6.01 Å². The van der Waals surface area contributed by atoms with Crippen molar-refractivity contribution in [2.45, 2.75) is 6.92 Å². The van der Waals surface area contributed by atoms with Crippen LogP contribution in [0.1, 0.15) is 17.3 Å². The van der Waals surface area contributed by atoms with E-state index >= 15 is 0 Å². The van der Waals surface area contributed by atoms with Crippen LogP contribution in [0.2, 0.25) is 5.02 Å². The van der Waals surface area contributed by atoms with Gasteiger partial charge in [-0.15, -0.1) is 5.10 Å². The average Bonchev–Trinajstić information content (AvgIpc) is 2.86. The fourth-order valence-corrected chi connectivity index (χ4v) is 1.72. The van der Waals surface area contributed by atoms with Crippen molar-refractivity contribution >= 4 is 29.1 Å². The highest BCUT2D eigenvalue weighted by atomic mass is 35.5. The lowest BCUT2D eigenvalue weighted by atomic mass is 10.2. The number of nitro groups is 1. The van der Waals surface area contributed by atoms with Gasteiger partial charge in [0.2, 0.25) is 5.95 Å². The van der Waals surface area contributed by atoms with Crippen molar-refractivity contribution in [2.24, 2.45) is 0 Å². The van der Waals surface area contributed by atoms with E-state index in [1.54, 1.807) is 6.92 Å². The first-order valence-electron chi connectivity index (χ1n) is 5.81. The van der Waals surface area contributed by atoms with E-state index in [9.17, 15) is 14.9 Å². The first kappa shape index (κ1) is 14.7. The summed E-state index contributed by atoms with van der Waals surface area (Å²) >= 11 is 5.74. The molecule has 21 heavy (non-hydrogen) atoms. The summed E-state index contributed by atoms with van der Waals surface area (Å²) in [5.74, 6) is -0.441. The first-order valence-corrected chi connectivity index (χ1v) is 6.19. The maximum absolute atomic E-state index is 11.9. The van der Waals surface area contributed by atoms with Gasteiger partial charge in [-0.3, -0.25) is 20.2 Å². The zero-order chi connectivity index (χ0) is 15.4. The fourth-order valence-electron chi connectivity index (χ4n) is 1.47. The molecule has 2 aromatic rings. The number of H-pyrrole nitrogens is 1. The van der Waals surface area contributed by atoms with Crippen molar-refractivity contribution in [1.29, 1.82) is 0 Å². The third kappa shape index (κ3) is 3.45. The van der Waals surface area contributed by atoms with E-state index in [1.807, 2.05) is 0 Å². The molecule has 0 radical (unpaired) electrons. The standard InChI is InChI=1S/C11H10ClN5O4/c1-2-21-11-14-10(15-16-11)13-9(18)6-3-4-8(17(19)20)7(12)5-6/h3-5H,2H2,1H3,(H2,13,14,15,16,18). The van der Waals surface area contributed by atoms with Crippen LogP contribution in [-0.4, -0.2) is 32.6 Å². The normalized spacial score (nSPS) is 10.2. The first-order chi connectivity index (χ1) is 10.0. The second kappa shape index (κ2) is 6.18. The SMILES string of the molecule is CCOc1n[nH]c(NC(=O)c2ccc([N+](=O)[O-])c(Cl)c2)n1. The van der Waals surface area contributed by atoms with Gasteiger partial charge in [-0.2, -0.15) is 4.98 Å². The Labute approximate surface area is 123 Å². The largest absolute Gasteiger partial charge is 0.463 e. The van der Waals surface area contributed by atoms with Crippen molar-refractivity contribution in [3.05, 3.63) is 38.9 Å². The molecule has 110 valence electrons. The summed E-state index contributed by atoms with van der Waals surface area (Å²) in [4.78, 5) is 25.8. The molecule has 0 saturated heterocycles. The zero-order valence-corrected chi connectivity index (χ0v) is 11.5. The number of anilines is 1. The predicted octanol–water partition coefficient (Wildman–Crippen LogP) is 2.02. The number of carbonyl (C=O) groups is 1. The zero-order valence-electron chi connectivity index (χ0n) is 10.8. The molecule has 0 saturated carbocycles. The van der Waals surface area contributed by atoms with Crippen molar-refractivity contribution < 1.29 is 14.5 Å². The summed E-state index contributed by atoms with van der Waals surface area (Å²) in [6, 6.07) is 3.76. The van der Waals surface area contributed by atoms with Crippen LogP contribution in [-0.2, 0) is 0 Å². The Bertz CT molecular complexity index is 687. The maximum atomic E-state index is 11.9. The maximum Gasteiger partial charge on any atom is 0.337 e. The summed E-state index contributed by atoms with van der Waals surface area (Å²) in [6.07, 6.45) is 0. The lowest BCUT2D eigenvalue weighted by Gasteiger charge is -2.02. The summed E-state index contributed by atoms with van der Waals surface area (Å²) in [5.41, 5.74) is -0.119. The van der Waals surface area contributed by atoms with Gasteiger partial charge in [0.25, 0.3) is 11.6 Å². The molecule has 1 aromatic heterocycles. The van der Waals surface area contributed by atoms with Crippen LogP contribution in [0.4, 0.5) is 11.6 Å². The number of rotatable bonds is 5. The number of hydrogen-bond donors (Lipinski definition) is 2. The Morgan fingerprint density at radius 3 is 2.95 bits per heavy atom. The second-order valence-corrected chi connectivity index (χ2v) is 4.18. The molecule has 9 nitrogen and oxygen atoms in total. The Balaban J connectivity index is 2.12. The Morgan fingerprint density at radius 2 is 2.33 bits per heavy atom. The van der Waals surface area contributed by atoms with Crippen molar-refractivity contribution in [2.75, 3.05) is 11.9 Å². The van der Waals surface area contributed by atoms with E-state index in [-0.39, 0.29) is 28.2 Å². The van der Waals surface area contributed by atoms with Gasteiger partial charge < -0.3 is 4.74 Å². The van der Waals surface area contributed by atoms with Gasteiger partial charge in [0.05, 0.1) is 11.5 Å². The number of aromatic amines is 1. The molecular formula is C11H10ClN5O4. The van der Waals surface area contributed by atoms with Crippen molar-refractivity contribution in [1.82, 2.24) is 15.2 Å². The Hall–Kier alpha value is -2.68. The molecule has 2 N–H and O–H groups in total.